The Kier molecular flexibility index (Phi) is 4.56. The molecule has 2 atom stereocenters. The van der Waals surface area contributed by atoms with Gasteiger partial charge in [0.2, 0.25) is 0 Å². The Morgan fingerprint density at radius 3 is 2.61 bits per heavy atom. The molecule has 0 spiro atoms. The summed E-state index contributed by atoms with van der Waals surface area (Å²) < 4.78 is 33.7. The Bertz CT molecular complexity index is 1230. The van der Waals surface area contributed by atoms with E-state index in [2.05, 4.69) is 5.32 Å². The molecule has 2 aromatic carbocycles. The summed E-state index contributed by atoms with van der Waals surface area (Å²) in [5.41, 5.74) is -0.131. The highest BCUT2D eigenvalue weighted by molar-refractivity contribution is 7.91. The first-order chi connectivity index (χ1) is 13.3. The van der Waals surface area contributed by atoms with Gasteiger partial charge < -0.3 is 19.6 Å². The quantitative estimate of drug-likeness (QED) is 0.483. The Labute approximate surface area is 159 Å². The normalized spacial score (nSPS) is 21.0. The summed E-state index contributed by atoms with van der Waals surface area (Å²) in [6.45, 7) is -0.368. The molecule has 8 nitrogen and oxygen atoms in total. The van der Waals surface area contributed by atoms with E-state index in [1.165, 1.54) is 6.07 Å². The van der Waals surface area contributed by atoms with Gasteiger partial charge in [-0.3, -0.25) is 4.79 Å². The molecule has 28 heavy (non-hydrogen) atoms. The topological polar surface area (TPSA) is 123 Å². The van der Waals surface area contributed by atoms with Crippen LogP contribution >= 0.6 is 0 Å². The first kappa shape index (κ1) is 18.5. The van der Waals surface area contributed by atoms with Gasteiger partial charge in [-0.15, -0.1) is 0 Å². The van der Waals surface area contributed by atoms with Crippen molar-refractivity contribution in [3.63, 3.8) is 0 Å². The molecule has 1 saturated heterocycles. The number of rotatable bonds is 4. The average molecular weight is 403 g/mol. The third-order valence-electron chi connectivity index (χ3n) is 4.63. The van der Waals surface area contributed by atoms with Crippen LogP contribution in [0.3, 0.4) is 0 Å². The maximum Gasteiger partial charge on any atom is 0.344 e. The van der Waals surface area contributed by atoms with Gasteiger partial charge in [-0.25, -0.2) is 13.2 Å². The van der Waals surface area contributed by atoms with Crippen LogP contribution in [-0.4, -0.2) is 49.7 Å². The van der Waals surface area contributed by atoms with Crippen molar-refractivity contribution in [2.45, 2.75) is 12.1 Å². The van der Waals surface area contributed by atoms with Crippen LogP contribution in [0.25, 0.3) is 21.7 Å². The van der Waals surface area contributed by atoms with E-state index in [1.807, 2.05) is 12.1 Å². The lowest BCUT2D eigenvalue weighted by atomic mass is 10.1. The van der Waals surface area contributed by atoms with Crippen molar-refractivity contribution in [1.29, 1.82) is 0 Å². The third-order valence-corrected chi connectivity index (χ3v) is 6.35. The van der Waals surface area contributed by atoms with Crippen molar-refractivity contribution in [3.8, 4) is 5.75 Å². The number of hydrogen-bond acceptors (Lipinski definition) is 7. The van der Waals surface area contributed by atoms with Gasteiger partial charge in [0, 0.05) is 11.5 Å². The second kappa shape index (κ2) is 6.92. The van der Waals surface area contributed by atoms with Gasteiger partial charge in [0.15, 0.2) is 16.4 Å². The highest BCUT2D eigenvalue weighted by atomic mass is 32.2. The van der Waals surface area contributed by atoms with Crippen molar-refractivity contribution in [1.82, 2.24) is 5.32 Å². The molecule has 1 amide bonds. The van der Waals surface area contributed by atoms with Gasteiger partial charge >= 0.3 is 5.63 Å². The number of amides is 1. The number of ether oxygens (including phenoxy) is 1. The van der Waals surface area contributed by atoms with Crippen molar-refractivity contribution in [2.75, 3.05) is 18.1 Å². The molecule has 1 fully saturated rings. The van der Waals surface area contributed by atoms with E-state index in [9.17, 15) is 23.1 Å². The number of aliphatic hydroxyl groups is 1. The lowest BCUT2D eigenvalue weighted by Gasteiger charge is -2.15. The van der Waals surface area contributed by atoms with Crippen LogP contribution in [0.4, 0.5) is 0 Å². The van der Waals surface area contributed by atoms with E-state index in [1.54, 1.807) is 24.3 Å². The van der Waals surface area contributed by atoms with E-state index < -0.39 is 33.5 Å². The molecule has 9 heteroatoms. The number of carbonyl (C=O) groups is 1. The minimum atomic E-state index is -3.35. The molecule has 1 aliphatic heterocycles. The zero-order valence-corrected chi connectivity index (χ0v) is 15.4. The fourth-order valence-electron chi connectivity index (χ4n) is 3.31. The van der Waals surface area contributed by atoms with Gasteiger partial charge in [-0.05, 0) is 23.6 Å². The van der Waals surface area contributed by atoms with Crippen LogP contribution in [0.1, 0.15) is 0 Å². The number of nitrogens with one attached hydrogen (secondary N) is 1. The predicted octanol–water partition coefficient (Wildman–Crippen LogP) is 0.599. The molecule has 4 rings (SSSR count). The molecule has 0 aliphatic carbocycles. The van der Waals surface area contributed by atoms with Crippen LogP contribution in [0.15, 0.2) is 51.7 Å². The number of carbonyl (C=O) groups excluding carboxylic acids is 1. The first-order valence-electron chi connectivity index (χ1n) is 8.59. The second-order valence-corrected chi connectivity index (χ2v) is 8.85. The largest absolute Gasteiger partial charge is 0.484 e. The van der Waals surface area contributed by atoms with E-state index in [0.29, 0.717) is 16.7 Å². The SMILES string of the molecule is O=C(COc1ccc2c(c1)oc(=O)c1ccccc12)N[C@@H]1CS(=O)(=O)C[C@@H]1O. The summed E-state index contributed by atoms with van der Waals surface area (Å²) in [7, 11) is -3.35. The van der Waals surface area contributed by atoms with Crippen LogP contribution in [0.5, 0.6) is 5.75 Å². The lowest BCUT2D eigenvalue weighted by molar-refractivity contribution is -0.124. The summed E-state index contributed by atoms with van der Waals surface area (Å²) in [6, 6.07) is 11.2. The van der Waals surface area contributed by atoms with Crippen molar-refractivity contribution < 1.29 is 27.5 Å². The number of benzene rings is 2. The van der Waals surface area contributed by atoms with E-state index in [4.69, 9.17) is 9.15 Å². The maximum atomic E-state index is 12.1. The van der Waals surface area contributed by atoms with Gasteiger partial charge in [0.25, 0.3) is 5.91 Å². The minimum absolute atomic E-state index is 0.298. The molecule has 3 aromatic rings. The molecule has 0 bridgehead atoms. The highest BCUT2D eigenvalue weighted by Gasteiger charge is 2.37. The smallest absolute Gasteiger partial charge is 0.344 e. The van der Waals surface area contributed by atoms with Crippen LogP contribution < -0.4 is 15.7 Å². The molecule has 1 aliphatic rings. The molecule has 0 saturated carbocycles. The van der Waals surface area contributed by atoms with E-state index in [0.717, 1.165) is 10.8 Å². The summed E-state index contributed by atoms with van der Waals surface area (Å²) in [5.74, 6) is -0.896. The van der Waals surface area contributed by atoms with Gasteiger partial charge in [0.1, 0.15) is 11.3 Å². The molecular formula is C19H17NO7S. The number of fused-ring (bicyclic) bond motifs is 3. The fraction of sp³-hybridized carbons (Fsp3) is 0.263. The van der Waals surface area contributed by atoms with Gasteiger partial charge in [0.05, 0.1) is 29.0 Å². The monoisotopic (exact) mass is 403 g/mol. The van der Waals surface area contributed by atoms with E-state index in [-0.39, 0.29) is 18.1 Å². The molecular weight excluding hydrogens is 386 g/mol. The fourth-order valence-corrected chi connectivity index (χ4v) is 5.06. The number of sulfone groups is 1. The van der Waals surface area contributed by atoms with E-state index >= 15 is 0 Å². The maximum absolute atomic E-state index is 12.1. The standard InChI is InChI=1S/C19H17NO7S/c21-16-10-28(24,25)9-15(16)20-18(22)8-26-11-5-6-13-12-3-1-2-4-14(12)19(23)27-17(13)7-11/h1-7,15-16,21H,8-10H2,(H,20,22)/t15-,16+/m1/s1. The zero-order valence-electron chi connectivity index (χ0n) is 14.6. The van der Waals surface area contributed by atoms with Crippen LogP contribution in [0, 0.1) is 0 Å². The molecule has 2 heterocycles. The summed E-state index contributed by atoms with van der Waals surface area (Å²) in [6.07, 6.45) is -1.13. The van der Waals surface area contributed by atoms with Crippen molar-refractivity contribution >= 4 is 37.5 Å². The minimum Gasteiger partial charge on any atom is -0.484 e. The van der Waals surface area contributed by atoms with Crippen molar-refractivity contribution in [2.24, 2.45) is 0 Å². The zero-order chi connectivity index (χ0) is 19.9. The highest BCUT2D eigenvalue weighted by Crippen LogP contribution is 2.26. The Hall–Kier alpha value is -2.91. The second-order valence-electron chi connectivity index (χ2n) is 6.70. The van der Waals surface area contributed by atoms with Crippen LogP contribution in [0.2, 0.25) is 0 Å². The van der Waals surface area contributed by atoms with Crippen LogP contribution in [-0.2, 0) is 14.6 Å². The number of aliphatic hydroxyl groups excluding tert-OH is 1. The Balaban J connectivity index is 1.49. The average Bonchev–Trinajstić information content (AvgIpc) is 2.91. The van der Waals surface area contributed by atoms with Gasteiger partial charge in [-0.1, -0.05) is 18.2 Å². The lowest BCUT2D eigenvalue weighted by Crippen LogP contribution is -2.44. The molecule has 0 unspecified atom stereocenters. The van der Waals surface area contributed by atoms with Gasteiger partial charge in [-0.2, -0.15) is 0 Å². The summed E-state index contributed by atoms with van der Waals surface area (Å²) in [4.78, 5) is 24.1. The molecule has 146 valence electrons. The summed E-state index contributed by atoms with van der Waals surface area (Å²) in [5, 5.41) is 14.2. The number of hydrogen-bond donors (Lipinski definition) is 2. The molecule has 2 N–H and O–H groups in total. The predicted molar refractivity (Wildman–Crippen MR) is 102 cm³/mol. The first-order valence-corrected chi connectivity index (χ1v) is 10.4. The Morgan fingerprint density at radius 1 is 1.14 bits per heavy atom. The Morgan fingerprint density at radius 2 is 1.89 bits per heavy atom. The summed E-state index contributed by atoms with van der Waals surface area (Å²) >= 11 is 0. The molecule has 0 radical (unpaired) electrons. The van der Waals surface area contributed by atoms with Crippen molar-refractivity contribution in [3.05, 3.63) is 52.9 Å². The third kappa shape index (κ3) is 3.58. The molecule has 1 aromatic heterocycles.